The van der Waals surface area contributed by atoms with Gasteiger partial charge in [-0.05, 0) is 19.3 Å². The Kier molecular flexibility index (Phi) is 3.94. The molecule has 5 nitrogen and oxygen atoms in total. The third-order valence-electron chi connectivity index (χ3n) is 3.79. The lowest BCUT2D eigenvalue weighted by Crippen LogP contribution is -2.24. The smallest absolute Gasteiger partial charge is 0.135 e. The van der Waals surface area contributed by atoms with Crippen LogP contribution in [-0.4, -0.2) is 36.3 Å². The van der Waals surface area contributed by atoms with Crippen LogP contribution in [0.25, 0.3) is 0 Å². The van der Waals surface area contributed by atoms with E-state index in [1.54, 1.807) is 0 Å². The summed E-state index contributed by atoms with van der Waals surface area (Å²) in [6.07, 6.45) is 5.55. The van der Waals surface area contributed by atoms with Crippen molar-refractivity contribution >= 4 is 5.82 Å². The van der Waals surface area contributed by atoms with Crippen molar-refractivity contribution in [2.75, 3.05) is 25.6 Å². The number of rotatable bonds is 3. The van der Waals surface area contributed by atoms with E-state index in [1.165, 1.54) is 12.8 Å². The minimum Gasteiger partial charge on any atom is -0.378 e. The first-order chi connectivity index (χ1) is 9.36. The van der Waals surface area contributed by atoms with Crippen LogP contribution >= 0.6 is 0 Å². The van der Waals surface area contributed by atoms with Crippen LogP contribution in [-0.2, 0) is 28.9 Å². The molecule has 1 aromatic heterocycles. The lowest BCUT2D eigenvalue weighted by atomic mass is 10.1. The Morgan fingerprint density at radius 3 is 3.00 bits per heavy atom. The molecule has 1 saturated heterocycles. The minimum atomic E-state index is 0.288. The molecule has 0 bridgehead atoms. The quantitative estimate of drug-likeness (QED) is 0.899. The summed E-state index contributed by atoms with van der Waals surface area (Å²) < 4.78 is 11.3. The van der Waals surface area contributed by atoms with E-state index >= 15 is 0 Å². The van der Waals surface area contributed by atoms with Gasteiger partial charge in [-0.2, -0.15) is 0 Å². The number of hydrogen-bond acceptors (Lipinski definition) is 5. The van der Waals surface area contributed by atoms with E-state index in [-0.39, 0.29) is 6.10 Å². The first-order valence-corrected chi connectivity index (χ1v) is 7.12. The fourth-order valence-electron chi connectivity index (χ4n) is 2.75. The van der Waals surface area contributed by atoms with Gasteiger partial charge >= 0.3 is 0 Å². The highest BCUT2D eigenvalue weighted by molar-refractivity contribution is 5.46. The summed E-state index contributed by atoms with van der Waals surface area (Å²) in [4.78, 5) is 9.32. The molecule has 19 heavy (non-hydrogen) atoms. The van der Waals surface area contributed by atoms with Crippen LogP contribution in [0.5, 0.6) is 0 Å². The number of anilines is 1. The van der Waals surface area contributed by atoms with E-state index in [0.717, 1.165) is 55.4 Å². The van der Waals surface area contributed by atoms with Crippen molar-refractivity contribution in [3.8, 4) is 0 Å². The first kappa shape index (κ1) is 12.8. The third kappa shape index (κ3) is 2.87. The summed E-state index contributed by atoms with van der Waals surface area (Å²) >= 11 is 0. The summed E-state index contributed by atoms with van der Waals surface area (Å²) in [6.45, 7) is 2.25. The summed E-state index contributed by atoms with van der Waals surface area (Å²) in [5.41, 5.74) is 2.25. The molecule has 0 amide bonds. The number of nitrogens with zero attached hydrogens (tertiary/aromatic N) is 2. The van der Waals surface area contributed by atoms with Crippen molar-refractivity contribution in [2.24, 2.45) is 0 Å². The summed E-state index contributed by atoms with van der Waals surface area (Å²) in [7, 11) is 1.90. The van der Waals surface area contributed by atoms with Gasteiger partial charge in [0.2, 0.25) is 0 Å². The van der Waals surface area contributed by atoms with Gasteiger partial charge in [-0.1, -0.05) is 0 Å². The van der Waals surface area contributed by atoms with Crippen molar-refractivity contribution in [3.05, 3.63) is 17.1 Å². The Morgan fingerprint density at radius 1 is 1.26 bits per heavy atom. The zero-order valence-electron chi connectivity index (χ0n) is 11.4. The molecule has 1 aromatic rings. The molecule has 1 atom stereocenters. The van der Waals surface area contributed by atoms with Gasteiger partial charge in [0.15, 0.2) is 0 Å². The molecule has 0 saturated carbocycles. The monoisotopic (exact) mass is 263 g/mol. The third-order valence-corrected chi connectivity index (χ3v) is 3.79. The highest BCUT2D eigenvalue weighted by Gasteiger charge is 2.20. The van der Waals surface area contributed by atoms with Crippen LogP contribution in [0.4, 0.5) is 5.82 Å². The topological polar surface area (TPSA) is 56.3 Å². The van der Waals surface area contributed by atoms with Crippen LogP contribution in [0.2, 0.25) is 0 Å². The molecule has 0 aliphatic carbocycles. The normalized spacial score (nSPS) is 22.9. The van der Waals surface area contributed by atoms with Gasteiger partial charge in [-0.3, -0.25) is 0 Å². The Hall–Kier alpha value is -1.20. The first-order valence-electron chi connectivity index (χ1n) is 7.12. The Labute approximate surface area is 113 Å². The highest BCUT2D eigenvalue weighted by Crippen LogP contribution is 2.23. The maximum Gasteiger partial charge on any atom is 0.135 e. The number of nitrogens with one attached hydrogen (secondary N) is 1. The average molecular weight is 263 g/mol. The summed E-state index contributed by atoms with van der Waals surface area (Å²) in [5.74, 6) is 1.81. The van der Waals surface area contributed by atoms with Gasteiger partial charge < -0.3 is 14.8 Å². The molecule has 1 unspecified atom stereocenters. The molecule has 1 fully saturated rings. The minimum absolute atomic E-state index is 0.288. The van der Waals surface area contributed by atoms with E-state index in [2.05, 4.69) is 10.3 Å². The molecule has 0 radical (unpaired) electrons. The summed E-state index contributed by atoms with van der Waals surface area (Å²) in [5, 5.41) is 3.16. The lowest BCUT2D eigenvalue weighted by molar-refractivity contribution is 0.0155. The Bertz CT molecular complexity index is 427. The second-order valence-corrected chi connectivity index (χ2v) is 5.16. The maximum absolute atomic E-state index is 5.77. The number of aromatic nitrogens is 2. The number of hydrogen-bond donors (Lipinski definition) is 1. The van der Waals surface area contributed by atoms with Crippen molar-refractivity contribution in [3.63, 3.8) is 0 Å². The van der Waals surface area contributed by atoms with E-state index in [1.807, 2.05) is 7.05 Å². The van der Waals surface area contributed by atoms with Crippen LogP contribution in [0.3, 0.4) is 0 Å². The van der Waals surface area contributed by atoms with E-state index in [9.17, 15) is 0 Å². The molecule has 2 aliphatic heterocycles. The zero-order chi connectivity index (χ0) is 13.1. The average Bonchev–Trinajstić information content (AvgIpc) is 2.47. The molecule has 3 rings (SSSR count). The van der Waals surface area contributed by atoms with E-state index in [4.69, 9.17) is 14.5 Å². The standard InChI is InChI=1S/C14H21N3O2/c1-15-14-11-9-18-7-5-12(11)16-13(17-14)8-10-4-2-3-6-19-10/h10H,2-9H2,1H3,(H,15,16,17). The number of ether oxygens (including phenoxy) is 2. The van der Waals surface area contributed by atoms with Gasteiger partial charge in [-0.25, -0.2) is 9.97 Å². The van der Waals surface area contributed by atoms with Crippen LogP contribution in [0.15, 0.2) is 0 Å². The summed E-state index contributed by atoms with van der Waals surface area (Å²) in [6, 6.07) is 0. The van der Waals surface area contributed by atoms with Crippen molar-refractivity contribution in [1.82, 2.24) is 9.97 Å². The molecular weight excluding hydrogens is 242 g/mol. The van der Waals surface area contributed by atoms with Gasteiger partial charge in [0, 0.05) is 32.1 Å². The molecule has 1 N–H and O–H groups in total. The molecule has 104 valence electrons. The Morgan fingerprint density at radius 2 is 2.21 bits per heavy atom. The second-order valence-electron chi connectivity index (χ2n) is 5.16. The molecule has 0 aromatic carbocycles. The van der Waals surface area contributed by atoms with Gasteiger partial charge in [0.05, 0.1) is 25.0 Å². The predicted molar refractivity (Wildman–Crippen MR) is 72.2 cm³/mol. The fraction of sp³-hybridized carbons (Fsp3) is 0.714. The highest BCUT2D eigenvalue weighted by atomic mass is 16.5. The van der Waals surface area contributed by atoms with Crippen LogP contribution in [0, 0.1) is 0 Å². The van der Waals surface area contributed by atoms with Crippen LogP contribution < -0.4 is 5.32 Å². The van der Waals surface area contributed by atoms with Crippen LogP contribution in [0.1, 0.15) is 36.3 Å². The predicted octanol–water partition coefficient (Wildman–Crippen LogP) is 1.70. The van der Waals surface area contributed by atoms with Crippen molar-refractivity contribution in [2.45, 2.75) is 44.8 Å². The van der Waals surface area contributed by atoms with Gasteiger partial charge in [0.25, 0.3) is 0 Å². The molecular formula is C14H21N3O2. The van der Waals surface area contributed by atoms with Gasteiger partial charge in [0.1, 0.15) is 11.6 Å². The zero-order valence-corrected chi connectivity index (χ0v) is 11.4. The van der Waals surface area contributed by atoms with Crippen molar-refractivity contribution < 1.29 is 9.47 Å². The molecule has 3 heterocycles. The van der Waals surface area contributed by atoms with Gasteiger partial charge in [-0.15, -0.1) is 0 Å². The number of fused-ring (bicyclic) bond motifs is 1. The Balaban J connectivity index is 1.81. The molecule has 0 spiro atoms. The SMILES string of the molecule is CNc1nc(CC2CCCCO2)nc2c1COCC2. The molecule has 5 heteroatoms. The maximum atomic E-state index is 5.77. The molecule has 2 aliphatic rings. The fourth-order valence-corrected chi connectivity index (χ4v) is 2.75. The largest absolute Gasteiger partial charge is 0.378 e. The second kappa shape index (κ2) is 5.84. The van der Waals surface area contributed by atoms with E-state index in [0.29, 0.717) is 6.61 Å². The van der Waals surface area contributed by atoms with Crippen molar-refractivity contribution in [1.29, 1.82) is 0 Å². The van der Waals surface area contributed by atoms with E-state index < -0.39 is 0 Å². The lowest BCUT2D eigenvalue weighted by Gasteiger charge is -2.23.